The zero-order valence-electron chi connectivity index (χ0n) is 10.9. The van der Waals surface area contributed by atoms with Crippen molar-refractivity contribution in [3.8, 4) is 0 Å². The van der Waals surface area contributed by atoms with E-state index in [4.69, 9.17) is 0 Å². The van der Waals surface area contributed by atoms with E-state index in [2.05, 4.69) is 30.2 Å². The SMILES string of the molecule is Fc1cnc(N2CCC(Nc3ccncn3)CC2)nc1. The zero-order chi connectivity index (χ0) is 13.8. The Morgan fingerprint density at radius 2 is 1.90 bits per heavy atom. The van der Waals surface area contributed by atoms with Gasteiger partial charge in [0, 0.05) is 25.3 Å². The van der Waals surface area contributed by atoms with Crippen LogP contribution in [-0.2, 0) is 0 Å². The molecule has 2 aromatic rings. The normalized spacial score (nSPS) is 16.1. The summed E-state index contributed by atoms with van der Waals surface area (Å²) in [4.78, 5) is 18.1. The van der Waals surface area contributed by atoms with E-state index in [-0.39, 0.29) is 0 Å². The maximum Gasteiger partial charge on any atom is 0.225 e. The second-order valence-electron chi connectivity index (χ2n) is 4.70. The van der Waals surface area contributed by atoms with E-state index in [0.717, 1.165) is 31.7 Å². The summed E-state index contributed by atoms with van der Waals surface area (Å²) in [7, 11) is 0. The number of nitrogens with zero attached hydrogens (tertiary/aromatic N) is 5. The molecular formula is C13H15FN6. The first-order chi connectivity index (χ1) is 9.81. The first kappa shape index (κ1) is 12.7. The molecule has 0 atom stereocenters. The molecule has 1 saturated heterocycles. The van der Waals surface area contributed by atoms with Gasteiger partial charge in [0.15, 0.2) is 5.82 Å². The Morgan fingerprint density at radius 1 is 1.15 bits per heavy atom. The molecule has 0 spiro atoms. The van der Waals surface area contributed by atoms with Gasteiger partial charge in [0.1, 0.15) is 12.1 Å². The van der Waals surface area contributed by atoms with Crippen molar-refractivity contribution in [2.24, 2.45) is 0 Å². The maximum absolute atomic E-state index is 12.8. The molecule has 1 fully saturated rings. The largest absolute Gasteiger partial charge is 0.367 e. The minimum Gasteiger partial charge on any atom is -0.367 e. The third-order valence-electron chi connectivity index (χ3n) is 3.32. The lowest BCUT2D eigenvalue weighted by atomic mass is 10.1. The number of aromatic nitrogens is 4. The lowest BCUT2D eigenvalue weighted by molar-refractivity contribution is 0.516. The lowest BCUT2D eigenvalue weighted by Crippen LogP contribution is -2.40. The highest BCUT2D eigenvalue weighted by molar-refractivity contribution is 5.35. The van der Waals surface area contributed by atoms with E-state index in [1.54, 1.807) is 6.20 Å². The van der Waals surface area contributed by atoms with Gasteiger partial charge < -0.3 is 10.2 Å². The lowest BCUT2D eigenvalue weighted by Gasteiger charge is -2.32. The highest BCUT2D eigenvalue weighted by Crippen LogP contribution is 2.18. The van der Waals surface area contributed by atoms with Crippen LogP contribution < -0.4 is 10.2 Å². The Balaban J connectivity index is 1.55. The van der Waals surface area contributed by atoms with E-state index in [1.807, 2.05) is 6.07 Å². The van der Waals surface area contributed by atoms with E-state index in [9.17, 15) is 4.39 Å². The summed E-state index contributed by atoms with van der Waals surface area (Å²) in [5.74, 6) is 1.03. The van der Waals surface area contributed by atoms with Crippen molar-refractivity contribution in [3.63, 3.8) is 0 Å². The van der Waals surface area contributed by atoms with Crippen LogP contribution in [0.15, 0.2) is 31.0 Å². The summed E-state index contributed by atoms with van der Waals surface area (Å²) in [5, 5.41) is 3.38. The number of hydrogen-bond donors (Lipinski definition) is 1. The molecule has 104 valence electrons. The van der Waals surface area contributed by atoms with E-state index in [0.29, 0.717) is 12.0 Å². The molecule has 7 heteroatoms. The topological polar surface area (TPSA) is 66.8 Å². The van der Waals surface area contributed by atoms with Crippen molar-refractivity contribution in [3.05, 3.63) is 36.8 Å². The number of piperidine rings is 1. The summed E-state index contributed by atoms with van der Waals surface area (Å²) in [6, 6.07) is 2.23. The van der Waals surface area contributed by atoms with Crippen LogP contribution in [0.1, 0.15) is 12.8 Å². The molecule has 0 unspecified atom stereocenters. The fraction of sp³-hybridized carbons (Fsp3) is 0.385. The third kappa shape index (κ3) is 2.98. The van der Waals surface area contributed by atoms with Gasteiger partial charge in [-0.1, -0.05) is 0 Å². The summed E-state index contributed by atoms with van der Waals surface area (Å²) in [5.41, 5.74) is 0. The van der Waals surface area contributed by atoms with Crippen LogP contribution in [0.2, 0.25) is 0 Å². The van der Waals surface area contributed by atoms with Gasteiger partial charge in [-0.3, -0.25) is 0 Å². The van der Waals surface area contributed by atoms with Crippen molar-refractivity contribution in [2.45, 2.75) is 18.9 Å². The van der Waals surface area contributed by atoms with Gasteiger partial charge >= 0.3 is 0 Å². The quantitative estimate of drug-likeness (QED) is 0.914. The molecule has 0 aliphatic carbocycles. The van der Waals surface area contributed by atoms with Gasteiger partial charge in [0.25, 0.3) is 0 Å². The molecule has 0 aromatic carbocycles. The number of hydrogen-bond acceptors (Lipinski definition) is 6. The third-order valence-corrected chi connectivity index (χ3v) is 3.32. The molecule has 3 heterocycles. The Labute approximate surface area is 116 Å². The van der Waals surface area contributed by atoms with Gasteiger partial charge in [-0.05, 0) is 18.9 Å². The van der Waals surface area contributed by atoms with E-state index < -0.39 is 5.82 Å². The number of halogens is 1. The maximum atomic E-state index is 12.8. The van der Waals surface area contributed by atoms with Crippen molar-refractivity contribution < 1.29 is 4.39 Å². The first-order valence-corrected chi connectivity index (χ1v) is 6.56. The van der Waals surface area contributed by atoms with Crippen LogP contribution in [0.4, 0.5) is 16.2 Å². The van der Waals surface area contributed by atoms with Crippen LogP contribution in [-0.4, -0.2) is 39.1 Å². The van der Waals surface area contributed by atoms with Gasteiger partial charge in [-0.25, -0.2) is 24.3 Å². The van der Waals surface area contributed by atoms with Crippen molar-refractivity contribution >= 4 is 11.8 Å². The number of rotatable bonds is 3. The predicted octanol–water partition coefficient (Wildman–Crippen LogP) is 1.49. The van der Waals surface area contributed by atoms with Crippen LogP contribution in [0, 0.1) is 5.82 Å². The van der Waals surface area contributed by atoms with Crippen LogP contribution in [0.5, 0.6) is 0 Å². The average Bonchev–Trinajstić information content (AvgIpc) is 2.50. The highest BCUT2D eigenvalue weighted by Gasteiger charge is 2.20. The Kier molecular flexibility index (Phi) is 3.67. The summed E-state index contributed by atoms with van der Waals surface area (Å²) < 4.78 is 12.8. The Hall–Kier alpha value is -2.31. The van der Waals surface area contributed by atoms with Crippen molar-refractivity contribution in [2.75, 3.05) is 23.3 Å². The van der Waals surface area contributed by atoms with Crippen LogP contribution in [0.25, 0.3) is 0 Å². The Morgan fingerprint density at radius 3 is 2.55 bits per heavy atom. The predicted molar refractivity (Wildman–Crippen MR) is 72.9 cm³/mol. The second kappa shape index (κ2) is 5.77. The monoisotopic (exact) mass is 274 g/mol. The molecule has 6 nitrogen and oxygen atoms in total. The smallest absolute Gasteiger partial charge is 0.225 e. The number of nitrogens with one attached hydrogen (secondary N) is 1. The molecule has 0 amide bonds. The second-order valence-corrected chi connectivity index (χ2v) is 4.70. The summed E-state index contributed by atoms with van der Waals surface area (Å²) in [6.45, 7) is 1.68. The van der Waals surface area contributed by atoms with Crippen molar-refractivity contribution in [1.29, 1.82) is 0 Å². The molecule has 1 aliphatic rings. The van der Waals surface area contributed by atoms with Crippen LogP contribution >= 0.6 is 0 Å². The molecule has 0 saturated carbocycles. The molecular weight excluding hydrogens is 259 g/mol. The minimum atomic E-state index is -0.408. The standard InChI is InChI=1S/C13H15FN6/c14-10-7-16-13(17-8-10)20-5-2-11(3-6-20)19-12-1-4-15-9-18-12/h1,4,7-9,11H,2-3,5-6H2,(H,15,18,19). The summed E-state index contributed by atoms with van der Waals surface area (Å²) in [6.07, 6.45) is 7.58. The molecule has 0 bridgehead atoms. The molecule has 20 heavy (non-hydrogen) atoms. The summed E-state index contributed by atoms with van der Waals surface area (Å²) >= 11 is 0. The first-order valence-electron chi connectivity index (χ1n) is 6.56. The molecule has 1 N–H and O–H groups in total. The molecule has 1 aliphatic heterocycles. The fourth-order valence-electron chi connectivity index (χ4n) is 2.28. The van der Waals surface area contributed by atoms with Crippen molar-refractivity contribution in [1.82, 2.24) is 19.9 Å². The van der Waals surface area contributed by atoms with Gasteiger partial charge in [0.05, 0.1) is 12.4 Å². The molecule has 2 aromatic heterocycles. The van der Waals surface area contributed by atoms with E-state index in [1.165, 1.54) is 18.7 Å². The van der Waals surface area contributed by atoms with Crippen LogP contribution in [0.3, 0.4) is 0 Å². The fourth-order valence-corrected chi connectivity index (χ4v) is 2.28. The molecule has 3 rings (SSSR count). The zero-order valence-corrected chi connectivity index (χ0v) is 10.9. The minimum absolute atomic E-state index is 0.376. The highest BCUT2D eigenvalue weighted by atomic mass is 19.1. The van der Waals surface area contributed by atoms with Gasteiger partial charge in [-0.2, -0.15) is 0 Å². The van der Waals surface area contributed by atoms with E-state index >= 15 is 0 Å². The molecule has 0 radical (unpaired) electrons. The van der Waals surface area contributed by atoms with Gasteiger partial charge in [-0.15, -0.1) is 0 Å². The average molecular weight is 274 g/mol. The number of anilines is 2. The Bertz CT molecular complexity index is 539. The van der Waals surface area contributed by atoms with Gasteiger partial charge in [0.2, 0.25) is 5.95 Å².